The monoisotopic (exact) mass is 411 g/mol. The van der Waals surface area contributed by atoms with Crippen LogP contribution in [0.4, 0.5) is 11.4 Å². The molecule has 0 spiro atoms. The van der Waals surface area contributed by atoms with Gasteiger partial charge in [-0.15, -0.1) is 0 Å². The number of carbonyl (C=O) groups excluding carboxylic acids is 2. The van der Waals surface area contributed by atoms with Gasteiger partial charge in [0.1, 0.15) is 6.07 Å². The molecule has 2 amide bonds. The molecule has 0 radical (unpaired) electrons. The normalized spacial score (nSPS) is 11.1. The Morgan fingerprint density at radius 3 is 2.27 bits per heavy atom. The molecule has 158 valence electrons. The number of hydrogen-bond donors (Lipinski definition) is 3. The van der Waals surface area contributed by atoms with Crippen molar-refractivity contribution >= 4 is 23.2 Å². The molecule has 0 aliphatic heterocycles. The molecule has 2 aromatic rings. The number of nitrogens with one attached hydrogen (secondary N) is 3. The molecular weight excluding hydrogens is 384 g/mol. The summed E-state index contributed by atoms with van der Waals surface area (Å²) in [5.74, 6) is 0.676. The highest BCUT2D eigenvalue weighted by atomic mass is 16.5. The lowest BCUT2D eigenvalue weighted by Gasteiger charge is -2.15. The van der Waals surface area contributed by atoms with Gasteiger partial charge in [-0.2, -0.15) is 5.26 Å². The summed E-state index contributed by atoms with van der Waals surface area (Å²) in [6.45, 7) is 4.94. The van der Waals surface area contributed by atoms with E-state index in [2.05, 4.69) is 10.6 Å². The van der Waals surface area contributed by atoms with Crippen molar-refractivity contribution < 1.29 is 24.0 Å². The summed E-state index contributed by atoms with van der Waals surface area (Å²) >= 11 is 0. The number of nitrogens with zero attached hydrogens (tertiary/aromatic N) is 1. The van der Waals surface area contributed by atoms with Crippen molar-refractivity contribution in [3.05, 3.63) is 48.0 Å². The Balaban J connectivity index is 1.90. The number of ether oxygens (including phenoxy) is 2. The molecule has 0 aromatic heterocycles. The third kappa shape index (κ3) is 6.79. The van der Waals surface area contributed by atoms with E-state index in [-0.39, 0.29) is 24.9 Å². The summed E-state index contributed by atoms with van der Waals surface area (Å²) in [6.07, 6.45) is 0. The van der Waals surface area contributed by atoms with E-state index in [1.54, 1.807) is 49.5 Å². The molecule has 1 atom stereocenters. The summed E-state index contributed by atoms with van der Waals surface area (Å²) in [5, 5.41) is 14.6. The van der Waals surface area contributed by atoms with Gasteiger partial charge in [0.2, 0.25) is 0 Å². The van der Waals surface area contributed by atoms with Crippen LogP contribution in [0.15, 0.2) is 42.5 Å². The number of quaternary nitrogens is 1. The quantitative estimate of drug-likeness (QED) is 0.549. The molecule has 0 fully saturated rings. The van der Waals surface area contributed by atoms with Crippen LogP contribution in [0.25, 0.3) is 0 Å². The molecule has 8 nitrogen and oxygen atoms in total. The van der Waals surface area contributed by atoms with E-state index in [0.717, 1.165) is 0 Å². The predicted octanol–water partition coefficient (Wildman–Crippen LogP) is 1.45. The van der Waals surface area contributed by atoms with Crippen molar-refractivity contribution in [3.63, 3.8) is 0 Å². The molecule has 8 heteroatoms. The molecule has 0 saturated carbocycles. The first-order valence-corrected chi connectivity index (χ1v) is 9.76. The zero-order valence-corrected chi connectivity index (χ0v) is 17.5. The average molecular weight is 411 g/mol. The first-order chi connectivity index (χ1) is 14.5. The maximum atomic E-state index is 12.4. The number of para-hydroxylation sites is 1. The molecule has 0 aliphatic carbocycles. The maximum absolute atomic E-state index is 12.4. The maximum Gasteiger partial charge on any atom is 0.279 e. The molecule has 1 unspecified atom stereocenters. The van der Waals surface area contributed by atoms with Gasteiger partial charge in [-0.3, -0.25) is 9.59 Å². The summed E-state index contributed by atoms with van der Waals surface area (Å²) in [6, 6.07) is 14.0. The Hall–Kier alpha value is -3.57. The summed E-state index contributed by atoms with van der Waals surface area (Å²) in [5.41, 5.74) is 1.44. The van der Waals surface area contributed by atoms with Gasteiger partial charge < -0.3 is 25.0 Å². The molecule has 0 aliphatic rings. The lowest BCUT2D eigenvalue weighted by Crippen LogP contribution is -3.11. The van der Waals surface area contributed by atoms with Crippen LogP contribution in [0.3, 0.4) is 0 Å². The van der Waals surface area contributed by atoms with Crippen molar-refractivity contribution in [2.45, 2.75) is 13.8 Å². The van der Waals surface area contributed by atoms with Crippen LogP contribution in [0.1, 0.15) is 19.4 Å². The van der Waals surface area contributed by atoms with Crippen molar-refractivity contribution in [3.8, 4) is 17.6 Å². The van der Waals surface area contributed by atoms with Gasteiger partial charge in [0.05, 0.1) is 31.5 Å². The number of benzene rings is 2. The van der Waals surface area contributed by atoms with Crippen molar-refractivity contribution in [1.82, 2.24) is 0 Å². The molecule has 2 rings (SSSR count). The minimum absolute atomic E-state index is 0.0840. The molecular formula is C22H27N4O4+. The van der Waals surface area contributed by atoms with Gasteiger partial charge in [-0.05, 0) is 38.1 Å². The molecule has 2 aromatic carbocycles. The number of hydrogen-bond acceptors (Lipinski definition) is 5. The summed E-state index contributed by atoms with van der Waals surface area (Å²) in [7, 11) is 1.75. The second kappa shape index (κ2) is 11.4. The number of likely N-dealkylation sites (N-methyl/N-ethyl adjacent to an activating group) is 1. The average Bonchev–Trinajstić information content (AvgIpc) is 2.70. The van der Waals surface area contributed by atoms with Crippen molar-refractivity contribution in [1.29, 1.82) is 5.26 Å². The van der Waals surface area contributed by atoms with Gasteiger partial charge in [0.15, 0.2) is 24.6 Å². The zero-order valence-electron chi connectivity index (χ0n) is 17.5. The van der Waals surface area contributed by atoms with Crippen molar-refractivity contribution in [2.75, 3.05) is 44.0 Å². The first-order valence-electron chi connectivity index (χ1n) is 9.76. The highest BCUT2D eigenvalue weighted by Crippen LogP contribution is 2.30. The van der Waals surface area contributed by atoms with Crippen molar-refractivity contribution in [2.24, 2.45) is 0 Å². The fraction of sp³-hybridized carbons (Fsp3) is 0.318. The number of carbonyl (C=O) groups is 2. The smallest absolute Gasteiger partial charge is 0.279 e. The molecule has 3 N–H and O–H groups in total. The van der Waals surface area contributed by atoms with Gasteiger partial charge in [0, 0.05) is 11.8 Å². The van der Waals surface area contributed by atoms with Crippen LogP contribution < -0.4 is 25.0 Å². The highest BCUT2D eigenvalue weighted by molar-refractivity contribution is 5.94. The SMILES string of the molecule is CCOc1ccc(NC(=O)C[NH+](C)CC(=O)Nc2ccccc2C#N)cc1OCC. The Labute approximate surface area is 176 Å². The Bertz CT molecular complexity index is 924. The summed E-state index contributed by atoms with van der Waals surface area (Å²) < 4.78 is 11.1. The lowest BCUT2D eigenvalue weighted by atomic mass is 10.2. The number of rotatable bonds is 10. The van der Waals surface area contributed by atoms with Crippen LogP contribution in [0.5, 0.6) is 11.5 Å². The van der Waals surface area contributed by atoms with Gasteiger partial charge in [0.25, 0.3) is 11.8 Å². The van der Waals surface area contributed by atoms with Crippen LogP contribution in [0, 0.1) is 11.3 Å². The van der Waals surface area contributed by atoms with E-state index in [1.807, 2.05) is 19.9 Å². The molecule has 0 saturated heterocycles. The van der Waals surface area contributed by atoms with E-state index in [9.17, 15) is 9.59 Å². The fourth-order valence-corrected chi connectivity index (χ4v) is 2.83. The lowest BCUT2D eigenvalue weighted by molar-refractivity contribution is -0.862. The fourth-order valence-electron chi connectivity index (χ4n) is 2.83. The number of anilines is 2. The minimum atomic E-state index is -0.275. The van der Waals surface area contributed by atoms with Crippen LogP contribution in [0.2, 0.25) is 0 Å². The Kier molecular flexibility index (Phi) is 8.66. The van der Waals surface area contributed by atoms with Crippen LogP contribution in [-0.4, -0.2) is 45.2 Å². The zero-order chi connectivity index (χ0) is 21.9. The van der Waals surface area contributed by atoms with Crippen LogP contribution >= 0.6 is 0 Å². The van der Waals surface area contributed by atoms with Gasteiger partial charge in [-0.1, -0.05) is 12.1 Å². The number of amides is 2. The van der Waals surface area contributed by atoms with Gasteiger partial charge in [-0.25, -0.2) is 0 Å². The van der Waals surface area contributed by atoms with E-state index < -0.39 is 0 Å². The standard InChI is InChI=1S/C22H26N4O4/c1-4-29-19-11-10-17(12-20(19)30-5-2)24-21(27)14-26(3)15-22(28)25-18-9-7-6-8-16(18)13-23/h6-12H,4-5,14-15H2,1-3H3,(H,24,27)(H,25,28)/p+1. The second-order valence-electron chi connectivity index (χ2n) is 6.59. The molecule has 0 heterocycles. The Morgan fingerprint density at radius 1 is 0.967 bits per heavy atom. The highest BCUT2D eigenvalue weighted by Gasteiger charge is 2.16. The third-order valence-electron chi connectivity index (χ3n) is 4.07. The topological polar surface area (TPSA) is 105 Å². The van der Waals surface area contributed by atoms with E-state index in [1.165, 1.54) is 0 Å². The molecule has 30 heavy (non-hydrogen) atoms. The predicted molar refractivity (Wildman–Crippen MR) is 114 cm³/mol. The molecule has 0 bridgehead atoms. The summed E-state index contributed by atoms with van der Waals surface area (Å²) in [4.78, 5) is 25.3. The van der Waals surface area contributed by atoms with E-state index >= 15 is 0 Å². The Morgan fingerprint density at radius 2 is 1.60 bits per heavy atom. The van der Waals surface area contributed by atoms with E-state index in [0.29, 0.717) is 46.6 Å². The largest absolute Gasteiger partial charge is 0.490 e. The third-order valence-corrected chi connectivity index (χ3v) is 4.07. The second-order valence-corrected chi connectivity index (χ2v) is 6.59. The van der Waals surface area contributed by atoms with E-state index in [4.69, 9.17) is 14.7 Å². The first kappa shape index (κ1) is 22.7. The number of nitriles is 1. The minimum Gasteiger partial charge on any atom is -0.490 e. The van der Waals surface area contributed by atoms with Crippen LogP contribution in [-0.2, 0) is 9.59 Å². The van der Waals surface area contributed by atoms with Gasteiger partial charge >= 0.3 is 0 Å².